The summed E-state index contributed by atoms with van der Waals surface area (Å²) in [6.07, 6.45) is 0.0325. The first-order chi connectivity index (χ1) is 10.6. The van der Waals surface area contributed by atoms with Gasteiger partial charge in [-0.1, -0.05) is 30.3 Å². The van der Waals surface area contributed by atoms with Crippen molar-refractivity contribution >= 4 is 17.7 Å². The normalized spacial score (nSPS) is 19.8. The first kappa shape index (κ1) is 17.2. The second-order valence-electron chi connectivity index (χ2n) is 6.09. The number of ether oxygens (including phenoxy) is 1. The van der Waals surface area contributed by atoms with E-state index in [-0.39, 0.29) is 10.9 Å². The molecule has 4 nitrogen and oxygen atoms in total. The predicted molar refractivity (Wildman–Crippen MR) is 95.7 cm³/mol. The zero-order valence-electron chi connectivity index (χ0n) is 14.0. The lowest BCUT2D eigenvalue weighted by Crippen LogP contribution is -2.51. The number of thioether (sulfide) groups is 1. The highest BCUT2D eigenvalue weighted by Crippen LogP contribution is 2.29. The number of rotatable bonds is 4. The minimum Gasteiger partial charge on any atom is -0.375 e. The van der Waals surface area contributed by atoms with E-state index in [0.717, 1.165) is 31.3 Å². The van der Waals surface area contributed by atoms with Crippen LogP contribution in [-0.4, -0.2) is 55.2 Å². The topological polar surface area (TPSA) is 36.9 Å². The molecule has 1 saturated heterocycles. The van der Waals surface area contributed by atoms with E-state index in [2.05, 4.69) is 41.2 Å². The Morgan fingerprint density at radius 1 is 1.41 bits per heavy atom. The Kier molecular flexibility index (Phi) is 6.15. The number of aliphatic imine (C=N–C) groups is 1. The molecule has 1 heterocycles. The van der Waals surface area contributed by atoms with Crippen molar-refractivity contribution in [2.75, 3.05) is 39.5 Å². The molecule has 22 heavy (non-hydrogen) atoms. The number of nitrogens with one attached hydrogen (secondary N) is 1. The molecule has 0 aromatic heterocycles. The van der Waals surface area contributed by atoms with Crippen LogP contribution in [0.1, 0.15) is 25.5 Å². The Bertz CT molecular complexity index is 490. The van der Waals surface area contributed by atoms with Gasteiger partial charge in [0.1, 0.15) is 0 Å². The maximum absolute atomic E-state index is 5.62. The molecule has 1 aromatic carbocycles. The SMILES string of the molecule is CN=C(NCC(OC)c1ccccc1)N1CCSC(C)(C)C1. The van der Waals surface area contributed by atoms with Crippen LogP contribution in [0.5, 0.6) is 0 Å². The Morgan fingerprint density at radius 2 is 2.14 bits per heavy atom. The third-order valence-electron chi connectivity index (χ3n) is 3.84. The summed E-state index contributed by atoms with van der Waals surface area (Å²) < 4.78 is 5.89. The van der Waals surface area contributed by atoms with Crippen molar-refractivity contribution in [1.82, 2.24) is 10.2 Å². The van der Waals surface area contributed by atoms with Gasteiger partial charge in [-0.2, -0.15) is 11.8 Å². The zero-order valence-corrected chi connectivity index (χ0v) is 14.8. The van der Waals surface area contributed by atoms with E-state index in [4.69, 9.17) is 4.74 Å². The summed E-state index contributed by atoms with van der Waals surface area (Å²) in [5, 5.41) is 3.47. The first-order valence-electron chi connectivity index (χ1n) is 7.73. The van der Waals surface area contributed by atoms with Gasteiger partial charge in [0.15, 0.2) is 5.96 Å². The van der Waals surface area contributed by atoms with E-state index >= 15 is 0 Å². The smallest absolute Gasteiger partial charge is 0.193 e. The molecular weight excluding hydrogens is 294 g/mol. The number of benzene rings is 1. The third-order valence-corrected chi connectivity index (χ3v) is 5.14. The number of hydrogen-bond acceptors (Lipinski definition) is 3. The maximum Gasteiger partial charge on any atom is 0.193 e. The van der Waals surface area contributed by atoms with Crippen LogP contribution in [-0.2, 0) is 4.74 Å². The molecule has 1 N–H and O–H groups in total. The van der Waals surface area contributed by atoms with Crippen molar-refractivity contribution < 1.29 is 4.74 Å². The summed E-state index contributed by atoms with van der Waals surface area (Å²) in [6.45, 7) is 7.35. The highest BCUT2D eigenvalue weighted by Gasteiger charge is 2.28. The summed E-state index contributed by atoms with van der Waals surface area (Å²) in [5.41, 5.74) is 1.18. The average Bonchev–Trinajstić information content (AvgIpc) is 2.51. The highest BCUT2D eigenvalue weighted by molar-refractivity contribution is 8.00. The van der Waals surface area contributed by atoms with Gasteiger partial charge in [-0.15, -0.1) is 0 Å². The minimum atomic E-state index is 0.0325. The van der Waals surface area contributed by atoms with E-state index in [1.165, 1.54) is 5.56 Å². The Balaban J connectivity index is 1.96. The fourth-order valence-corrected chi connectivity index (χ4v) is 3.83. The van der Waals surface area contributed by atoms with Crippen LogP contribution in [0.2, 0.25) is 0 Å². The van der Waals surface area contributed by atoms with Gasteiger partial charge in [0.2, 0.25) is 0 Å². The molecule has 0 radical (unpaired) electrons. The van der Waals surface area contributed by atoms with E-state index in [0.29, 0.717) is 0 Å². The number of guanidine groups is 1. The largest absolute Gasteiger partial charge is 0.375 e. The molecule has 0 amide bonds. The van der Waals surface area contributed by atoms with Gasteiger partial charge in [-0.25, -0.2) is 0 Å². The van der Waals surface area contributed by atoms with Crippen molar-refractivity contribution in [3.8, 4) is 0 Å². The lowest BCUT2D eigenvalue weighted by molar-refractivity contribution is 0.105. The van der Waals surface area contributed by atoms with Crippen LogP contribution in [0, 0.1) is 0 Å². The lowest BCUT2D eigenvalue weighted by Gasteiger charge is -2.39. The molecule has 2 rings (SSSR count). The molecule has 1 fully saturated rings. The summed E-state index contributed by atoms with van der Waals surface area (Å²) in [5.74, 6) is 2.10. The zero-order chi connectivity index (χ0) is 16.0. The molecule has 1 aliphatic rings. The molecule has 1 aliphatic heterocycles. The van der Waals surface area contributed by atoms with E-state index < -0.39 is 0 Å². The van der Waals surface area contributed by atoms with Crippen LogP contribution in [0.25, 0.3) is 0 Å². The Morgan fingerprint density at radius 3 is 2.73 bits per heavy atom. The minimum absolute atomic E-state index is 0.0325. The molecule has 1 unspecified atom stereocenters. The standard InChI is InChI=1S/C17H27N3OS/c1-17(2)13-20(10-11-22-17)16(18-3)19-12-15(21-4)14-8-6-5-7-9-14/h5-9,15H,10-13H2,1-4H3,(H,18,19). The molecule has 5 heteroatoms. The number of hydrogen-bond donors (Lipinski definition) is 1. The van der Waals surface area contributed by atoms with E-state index in [1.54, 1.807) is 7.11 Å². The predicted octanol–water partition coefficient (Wildman–Crippen LogP) is 2.78. The molecule has 122 valence electrons. The van der Waals surface area contributed by atoms with Crippen molar-refractivity contribution in [3.63, 3.8) is 0 Å². The summed E-state index contributed by atoms with van der Waals surface area (Å²) in [6, 6.07) is 10.3. The van der Waals surface area contributed by atoms with Gasteiger partial charge in [0, 0.05) is 44.3 Å². The van der Waals surface area contributed by atoms with Crippen molar-refractivity contribution in [2.24, 2.45) is 4.99 Å². The Labute approximate surface area is 138 Å². The quantitative estimate of drug-likeness (QED) is 0.683. The van der Waals surface area contributed by atoms with E-state index in [9.17, 15) is 0 Å². The van der Waals surface area contributed by atoms with Gasteiger partial charge in [0.25, 0.3) is 0 Å². The second-order valence-corrected chi connectivity index (χ2v) is 7.89. The second kappa shape index (κ2) is 7.88. The molecule has 1 aromatic rings. The number of nitrogens with zero attached hydrogens (tertiary/aromatic N) is 2. The van der Waals surface area contributed by atoms with Crippen LogP contribution < -0.4 is 5.32 Å². The van der Waals surface area contributed by atoms with Gasteiger partial charge in [-0.05, 0) is 19.4 Å². The number of methoxy groups -OCH3 is 1. The fraction of sp³-hybridized carbons (Fsp3) is 0.588. The van der Waals surface area contributed by atoms with Crippen molar-refractivity contribution in [3.05, 3.63) is 35.9 Å². The van der Waals surface area contributed by atoms with Gasteiger partial charge in [0.05, 0.1) is 6.10 Å². The lowest BCUT2D eigenvalue weighted by atomic mass is 10.1. The van der Waals surface area contributed by atoms with E-state index in [1.807, 2.05) is 37.0 Å². The van der Waals surface area contributed by atoms with Gasteiger partial charge in [-0.3, -0.25) is 4.99 Å². The summed E-state index contributed by atoms with van der Waals surface area (Å²) in [7, 11) is 3.60. The molecule has 0 spiro atoms. The van der Waals surface area contributed by atoms with Crippen LogP contribution in [0.4, 0.5) is 0 Å². The first-order valence-corrected chi connectivity index (χ1v) is 8.71. The van der Waals surface area contributed by atoms with Gasteiger partial charge >= 0.3 is 0 Å². The summed E-state index contributed by atoms with van der Waals surface area (Å²) >= 11 is 2.03. The summed E-state index contributed by atoms with van der Waals surface area (Å²) in [4.78, 5) is 6.79. The third kappa shape index (κ3) is 4.65. The fourth-order valence-electron chi connectivity index (χ4n) is 2.72. The van der Waals surface area contributed by atoms with Gasteiger partial charge < -0.3 is 15.0 Å². The van der Waals surface area contributed by atoms with Crippen LogP contribution in [0.3, 0.4) is 0 Å². The highest BCUT2D eigenvalue weighted by atomic mass is 32.2. The van der Waals surface area contributed by atoms with Crippen LogP contribution in [0.15, 0.2) is 35.3 Å². The average molecular weight is 321 g/mol. The molecule has 1 atom stereocenters. The monoisotopic (exact) mass is 321 g/mol. The maximum atomic E-state index is 5.62. The molecule has 0 aliphatic carbocycles. The van der Waals surface area contributed by atoms with Crippen molar-refractivity contribution in [1.29, 1.82) is 0 Å². The molecule has 0 saturated carbocycles. The van der Waals surface area contributed by atoms with Crippen LogP contribution >= 0.6 is 11.8 Å². The molecule has 0 bridgehead atoms. The Hall–Kier alpha value is -1.20. The molecular formula is C17H27N3OS. The van der Waals surface area contributed by atoms with Crippen molar-refractivity contribution in [2.45, 2.75) is 24.7 Å².